The zero-order chi connectivity index (χ0) is 13.8. The third-order valence-corrected chi connectivity index (χ3v) is 3.81. The zero-order valence-corrected chi connectivity index (χ0v) is 11.9. The lowest BCUT2D eigenvalue weighted by atomic mass is 9.97. The van der Waals surface area contributed by atoms with Crippen molar-refractivity contribution in [2.45, 2.75) is 52.0 Å². The maximum atomic E-state index is 12.6. The molecule has 2 rings (SSSR count). The first kappa shape index (κ1) is 13.8. The molecule has 1 aromatic heterocycles. The third kappa shape index (κ3) is 3.06. The Hall–Kier alpha value is -1.58. The summed E-state index contributed by atoms with van der Waals surface area (Å²) < 4.78 is 0. The van der Waals surface area contributed by atoms with Crippen LogP contribution in [0.3, 0.4) is 0 Å². The first-order chi connectivity index (χ1) is 9.13. The summed E-state index contributed by atoms with van der Waals surface area (Å²) in [6.07, 6.45) is 7.21. The number of hydrogen-bond donors (Lipinski definition) is 1. The Morgan fingerprint density at radius 3 is 3.00 bits per heavy atom. The van der Waals surface area contributed by atoms with Gasteiger partial charge in [0.05, 0.1) is 5.56 Å². The van der Waals surface area contributed by atoms with Gasteiger partial charge in [0.25, 0.3) is 5.91 Å². The summed E-state index contributed by atoms with van der Waals surface area (Å²) in [7, 11) is 0. The van der Waals surface area contributed by atoms with E-state index >= 15 is 0 Å². The largest absolute Gasteiger partial charge is 0.398 e. The van der Waals surface area contributed by atoms with Crippen LogP contribution in [0.5, 0.6) is 0 Å². The average Bonchev–Trinajstić information content (AvgIpc) is 2.39. The van der Waals surface area contributed by atoms with Crippen LogP contribution in [0.2, 0.25) is 0 Å². The number of nitrogens with zero attached hydrogens (tertiary/aromatic N) is 2. The van der Waals surface area contributed by atoms with Crippen molar-refractivity contribution in [2.24, 2.45) is 0 Å². The molecular weight excluding hydrogens is 238 g/mol. The minimum absolute atomic E-state index is 0.0446. The van der Waals surface area contributed by atoms with Crippen molar-refractivity contribution >= 4 is 11.6 Å². The third-order valence-electron chi connectivity index (χ3n) is 3.81. The van der Waals surface area contributed by atoms with Gasteiger partial charge in [-0.05, 0) is 38.7 Å². The van der Waals surface area contributed by atoms with Gasteiger partial charge in [0.2, 0.25) is 0 Å². The van der Waals surface area contributed by atoms with Crippen LogP contribution in [0.1, 0.15) is 55.1 Å². The Morgan fingerprint density at radius 2 is 2.32 bits per heavy atom. The molecule has 0 aromatic carbocycles. The van der Waals surface area contributed by atoms with Gasteiger partial charge in [-0.15, -0.1) is 0 Å². The molecule has 1 unspecified atom stereocenters. The van der Waals surface area contributed by atoms with E-state index in [9.17, 15) is 4.79 Å². The SMILES string of the molecule is CCCC1CCCCN1C(=O)c1cnc(C)cc1N. The fraction of sp³-hybridized carbons (Fsp3) is 0.600. The summed E-state index contributed by atoms with van der Waals surface area (Å²) in [4.78, 5) is 18.8. The van der Waals surface area contributed by atoms with Crippen molar-refractivity contribution in [2.75, 3.05) is 12.3 Å². The molecule has 19 heavy (non-hydrogen) atoms. The number of aryl methyl sites for hydroxylation is 1. The second-order valence-corrected chi connectivity index (χ2v) is 5.35. The molecule has 1 saturated heterocycles. The van der Waals surface area contributed by atoms with Gasteiger partial charge in [-0.25, -0.2) is 0 Å². The first-order valence-electron chi connectivity index (χ1n) is 7.16. The van der Waals surface area contributed by atoms with Gasteiger partial charge in [0.15, 0.2) is 0 Å². The van der Waals surface area contributed by atoms with Crippen LogP contribution >= 0.6 is 0 Å². The van der Waals surface area contributed by atoms with E-state index in [0.29, 0.717) is 17.3 Å². The van der Waals surface area contributed by atoms with Crippen LogP contribution in [0.25, 0.3) is 0 Å². The van der Waals surface area contributed by atoms with Crippen LogP contribution in [0.4, 0.5) is 5.69 Å². The van der Waals surface area contributed by atoms with Crippen LogP contribution in [-0.2, 0) is 0 Å². The first-order valence-corrected chi connectivity index (χ1v) is 7.16. The van der Waals surface area contributed by atoms with Crippen molar-refractivity contribution in [3.8, 4) is 0 Å². The van der Waals surface area contributed by atoms with Crippen molar-refractivity contribution in [3.63, 3.8) is 0 Å². The van der Waals surface area contributed by atoms with Gasteiger partial charge in [0, 0.05) is 30.2 Å². The highest BCUT2D eigenvalue weighted by molar-refractivity contribution is 5.99. The Kier molecular flexibility index (Phi) is 4.40. The molecule has 2 heterocycles. The van der Waals surface area contributed by atoms with E-state index in [0.717, 1.165) is 37.9 Å². The van der Waals surface area contributed by atoms with E-state index in [2.05, 4.69) is 11.9 Å². The Morgan fingerprint density at radius 1 is 1.53 bits per heavy atom. The number of amides is 1. The predicted molar refractivity (Wildman–Crippen MR) is 77.0 cm³/mol. The highest BCUT2D eigenvalue weighted by Crippen LogP contribution is 2.24. The van der Waals surface area contributed by atoms with Gasteiger partial charge in [-0.1, -0.05) is 13.3 Å². The molecule has 1 aromatic rings. The number of carbonyl (C=O) groups is 1. The van der Waals surface area contributed by atoms with Crippen molar-refractivity contribution < 1.29 is 4.79 Å². The lowest BCUT2D eigenvalue weighted by Crippen LogP contribution is -2.43. The lowest BCUT2D eigenvalue weighted by molar-refractivity contribution is 0.0601. The monoisotopic (exact) mass is 261 g/mol. The normalized spacial score (nSPS) is 19.5. The topological polar surface area (TPSA) is 59.2 Å². The fourth-order valence-electron chi connectivity index (χ4n) is 2.82. The molecule has 104 valence electrons. The predicted octanol–water partition coefficient (Wildman–Crippen LogP) is 2.77. The van der Waals surface area contributed by atoms with Gasteiger partial charge in [-0.3, -0.25) is 9.78 Å². The summed E-state index contributed by atoms with van der Waals surface area (Å²) in [6, 6.07) is 2.14. The van der Waals surface area contributed by atoms with Gasteiger partial charge >= 0.3 is 0 Å². The standard InChI is InChI=1S/C15H23N3O/c1-3-6-12-7-4-5-8-18(12)15(19)13-10-17-11(2)9-14(13)16/h9-10,12H,3-8H2,1-2H3,(H2,16,17). The second-order valence-electron chi connectivity index (χ2n) is 5.35. The Bertz CT molecular complexity index is 457. The molecule has 4 nitrogen and oxygen atoms in total. The van der Waals surface area contributed by atoms with E-state index < -0.39 is 0 Å². The molecular formula is C15H23N3O. The van der Waals surface area contributed by atoms with Crippen LogP contribution in [-0.4, -0.2) is 28.4 Å². The number of nitrogen functional groups attached to an aromatic ring is 1. The van der Waals surface area contributed by atoms with Crippen LogP contribution in [0.15, 0.2) is 12.3 Å². The number of hydrogen-bond acceptors (Lipinski definition) is 3. The molecule has 0 aliphatic carbocycles. The number of anilines is 1. The molecule has 1 aliphatic heterocycles. The van der Waals surface area contributed by atoms with E-state index in [-0.39, 0.29) is 5.91 Å². The molecule has 2 N–H and O–H groups in total. The van der Waals surface area contributed by atoms with Crippen molar-refractivity contribution in [3.05, 3.63) is 23.5 Å². The number of rotatable bonds is 3. The second kappa shape index (κ2) is 6.04. The highest BCUT2D eigenvalue weighted by atomic mass is 16.2. The minimum atomic E-state index is 0.0446. The molecule has 4 heteroatoms. The van der Waals surface area contributed by atoms with E-state index in [1.54, 1.807) is 12.3 Å². The van der Waals surface area contributed by atoms with Gasteiger partial charge in [-0.2, -0.15) is 0 Å². The van der Waals surface area contributed by atoms with Crippen LogP contribution in [0, 0.1) is 6.92 Å². The quantitative estimate of drug-likeness (QED) is 0.910. The minimum Gasteiger partial charge on any atom is -0.398 e. The van der Waals surface area contributed by atoms with Gasteiger partial charge in [0.1, 0.15) is 0 Å². The summed E-state index contributed by atoms with van der Waals surface area (Å²) in [5, 5.41) is 0. The zero-order valence-electron chi connectivity index (χ0n) is 11.9. The maximum absolute atomic E-state index is 12.6. The number of likely N-dealkylation sites (tertiary alicyclic amines) is 1. The molecule has 0 bridgehead atoms. The number of pyridine rings is 1. The number of nitrogens with two attached hydrogens (primary N) is 1. The summed E-state index contributed by atoms with van der Waals surface area (Å²) in [5.74, 6) is 0.0446. The fourth-order valence-corrected chi connectivity index (χ4v) is 2.82. The number of aromatic nitrogens is 1. The summed E-state index contributed by atoms with van der Waals surface area (Å²) in [6.45, 7) is 4.89. The van der Waals surface area contributed by atoms with Crippen LogP contribution < -0.4 is 5.73 Å². The molecule has 1 amide bonds. The van der Waals surface area contributed by atoms with Gasteiger partial charge < -0.3 is 10.6 Å². The molecule has 0 radical (unpaired) electrons. The number of carbonyl (C=O) groups excluding carboxylic acids is 1. The maximum Gasteiger partial charge on any atom is 0.257 e. The molecule has 1 aliphatic rings. The van der Waals surface area contributed by atoms with E-state index in [1.807, 2.05) is 11.8 Å². The van der Waals surface area contributed by atoms with E-state index in [4.69, 9.17) is 5.73 Å². The highest BCUT2D eigenvalue weighted by Gasteiger charge is 2.27. The molecule has 0 saturated carbocycles. The molecule has 1 atom stereocenters. The molecule has 1 fully saturated rings. The molecule has 0 spiro atoms. The lowest BCUT2D eigenvalue weighted by Gasteiger charge is -2.36. The number of piperidine rings is 1. The average molecular weight is 261 g/mol. The smallest absolute Gasteiger partial charge is 0.257 e. The summed E-state index contributed by atoms with van der Waals surface area (Å²) >= 11 is 0. The van der Waals surface area contributed by atoms with Crippen molar-refractivity contribution in [1.29, 1.82) is 0 Å². The van der Waals surface area contributed by atoms with E-state index in [1.165, 1.54) is 6.42 Å². The Labute approximate surface area is 115 Å². The summed E-state index contributed by atoms with van der Waals surface area (Å²) in [5.41, 5.74) is 7.90. The van der Waals surface area contributed by atoms with Crippen molar-refractivity contribution in [1.82, 2.24) is 9.88 Å². The Balaban J connectivity index is 2.21.